The molecule has 0 fully saturated rings. The predicted molar refractivity (Wildman–Crippen MR) is 168 cm³/mol. The average Bonchev–Trinajstić information content (AvgIpc) is 2.98. The molecule has 0 spiro atoms. The number of benzene rings is 3. The first-order valence-corrected chi connectivity index (χ1v) is 13.8. The lowest BCUT2D eigenvalue weighted by molar-refractivity contribution is -0.122. The SMILES string of the molecule is CC(=O)N(C)c1ccc(/C=C/C(=O)NCC(=O)N(C)c2ccc(Cl)c(COc3cccc4ccc(C)nc34)c2Cl)cc1. The summed E-state index contributed by atoms with van der Waals surface area (Å²) in [5, 5.41) is 4.20. The molecule has 4 aromatic rings. The molecule has 0 saturated carbocycles. The van der Waals surface area contributed by atoms with E-state index in [4.69, 9.17) is 27.9 Å². The third kappa shape index (κ3) is 7.26. The summed E-state index contributed by atoms with van der Waals surface area (Å²) in [6, 6.07) is 20.0. The Balaban J connectivity index is 1.38. The summed E-state index contributed by atoms with van der Waals surface area (Å²) in [4.78, 5) is 44.2. The highest BCUT2D eigenvalue weighted by Gasteiger charge is 2.19. The Hall–Kier alpha value is -4.40. The predicted octanol–water partition coefficient (Wildman–Crippen LogP) is 6.20. The number of pyridine rings is 1. The fourth-order valence-corrected chi connectivity index (χ4v) is 4.70. The van der Waals surface area contributed by atoms with Crippen molar-refractivity contribution in [3.63, 3.8) is 0 Å². The van der Waals surface area contributed by atoms with E-state index in [1.807, 2.05) is 37.3 Å². The number of aromatic nitrogens is 1. The van der Waals surface area contributed by atoms with Crippen LogP contribution in [0.3, 0.4) is 0 Å². The normalized spacial score (nSPS) is 11.0. The van der Waals surface area contributed by atoms with Gasteiger partial charge in [-0.05, 0) is 55.0 Å². The number of hydrogen-bond acceptors (Lipinski definition) is 5. The first-order chi connectivity index (χ1) is 20.0. The number of ether oxygens (including phenoxy) is 1. The number of nitrogens with one attached hydrogen (secondary N) is 1. The van der Waals surface area contributed by atoms with Gasteiger partial charge in [0, 0.05) is 54.4 Å². The van der Waals surface area contributed by atoms with Gasteiger partial charge in [-0.3, -0.25) is 14.4 Å². The van der Waals surface area contributed by atoms with Crippen molar-refractivity contribution < 1.29 is 19.1 Å². The summed E-state index contributed by atoms with van der Waals surface area (Å²) in [6.07, 6.45) is 2.96. The molecule has 0 atom stereocenters. The summed E-state index contributed by atoms with van der Waals surface area (Å²) in [6.45, 7) is 3.22. The van der Waals surface area contributed by atoms with Crippen LogP contribution in [0.15, 0.2) is 72.8 Å². The standard InChI is InChI=1S/C32H30Cl2N4O4/c1-20-8-12-23-6-5-7-28(32(23)36-20)42-19-25-26(33)15-16-27(31(25)34)38(4)30(41)18-35-29(40)17-11-22-9-13-24(14-10-22)37(3)21(2)39/h5-17H,18-19H2,1-4H3,(H,35,40)/b17-11+. The molecule has 3 aromatic carbocycles. The molecule has 0 unspecified atom stereocenters. The molecule has 1 heterocycles. The highest BCUT2D eigenvalue weighted by molar-refractivity contribution is 6.38. The second-order valence-corrected chi connectivity index (χ2v) is 10.4. The lowest BCUT2D eigenvalue weighted by atomic mass is 10.1. The molecule has 8 nitrogen and oxygen atoms in total. The average molecular weight is 606 g/mol. The number of nitrogens with zero attached hydrogens (tertiary/aromatic N) is 3. The van der Waals surface area contributed by atoms with E-state index < -0.39 is 5.91 Å². The summed E-state index contributed by atoms with van der Waals surface area (Å²) >= 11 is 13.2. The summed E-state index contributed by atoms with van der Waals surface area (Å²) in [7, 11) is 3.26. The monoisotopic (exact) mass is 604 g/mol. The first-order valence-electron chi connectivity index (χ1n) is 13.1. The van der Waals surface area contributed by atoms with Crippen molar-refractivity contribution in [2.45, 2.75) is 20.5 Å². The van der Waals surface area contributed by atoms with Crippen LogP contribution in [-0.2, 0) is 21.0 Å². The van der Waals surface area contributed by atoms with Crippen molar-refractivity contribution >= 4 is 69.3 Å². The molecule has 0 radical (unpaired) electrons. The van der Waals surface area contributed by atoms with Crippen LogP contribution in [-0.4, -0.2) is 43.3 Å². The topological polar surface area (TPSA) is 91.8 Å². The molecule has 0 aliphatic heterocycles. The zero-order valence-electron chi connectivity index (χ0n) is 23.7. The number of aryl methyl sites for hydroxylation is 1. The van der Waals surface area contributed by atoms with Crippen LogP contribution in [0.5, 0.6) is 5.75 Å². The van der Waals surface area contributed by atoms with Gasteiger partial charge in [0.25, 0.3) is 0 Å². The van der Waals surface area contributed by atoms with E-state index >= 15 is 0 Å². The molecule has 0 aliphatic rings. The number of rotatable bonds is 9. The van der Waals surface area contributed by atoms with Gasteiger partial charge in [-0.25, -0.2) is 4.98 Å². The lowest BCUT2D eigenvalue weighted by Crippen LogP contribution is -2.37. The third-order valence-corrected chi connectivity index (χ3v) is 7.47. The smallest absolute Gasteiger partial charge is 0.246 e. The van der Waals surface area contributed by atoms with Crippen molar-refractivity contribution in [2.75, 3.05) is 30.4 Å². The number of hydrogen-bond donors (Lipinski definition) is 1. The van der Waals surface area contributed by atoms with Gasteiger partial charge in [-0.2, -0.15) is 0 Å². The van der Waals surface area contributed by atoms with E-state index in [1.54, 1.807) is 56.6 Å². The van der Waals surface area contributed by atoms with Gasteiger partial charge < -0.3 is 19.9 Å². The van der Waals surface area contributed by atoms with Gasteiger partial charge in [0.05, 0.1) is 17.3 Å². The summed E-state index contributed by atoms with van der Waals surface area (Å²) < 4.78 is 6.07. The molecule has 10 heteroatoms. The minimum atomic E-state index is -0.433. The number of carbonyl (C=O) groups is 3. The van der Waals surface area contributed by atoms with E-state index in [1.165, 1.54) is 22.8 Å². The minimum absolute atomic E-state index is 0.0653. The second-order valence-electron chi connectivity index (χ2n) is 9.60. The maximum atomic E-state index is 12.9. The molecule has 3 amide bonds. The number of likely N-dealkylation sites (N-methyl/N-ethyl adjacent to an activating group) is 1. The van der Waals surface area contributed by atoms with Gasteiger partial charge in [0.1, 0.15) is 17.9 Å². The van der Waals surface area contributed by atoms with Gasteiger partial charge in [0.2, 0.25) is 17.7 Å². The quantitative estimate of drug-likeness (QED) is 0.229. The molecular weight excluding hydrogens is 575 g/mol. The number of halogens is 2. The van der Waals surface area contributed by atoms with Crippen molar-refractivity contribution in [1.29, 1.82) is 0 Å². The Labute approximate surface area is 254 Å². The van der Waals surface area contributed by atoms with Crippen LogP contribution in [0.25, 0.3) is 17.0 Å². The molecule has 0 aliphatic carbocycles. The van der Waals surface area contributed by atoms with E-state index in [2.05, 4.69) is 10.3 Å². The number of amides is 3. The zero-order valence-corrected chi connectivity index (χ0v) is 25.2. The number of para-hydroxylation sites is 1. The van der Waals surface area contributed by atoms with Crippen molar-refractivity contribution in [2.24, 2.45) is 0 Å². The maximum absolute atomic E-state index is 12.9. The van der Waals surface area contributed by atoms with Crippen LogP contribution in [0.2, 0.25) is 10.0 Å². The molecule has 0 saturated heterocycles. The second kappa shape index (κ2) is 13.5. The largest absolute Gasteiger partial charge is 0.487 e. The van der Waals surface area contributed by atoms with Crippen molar-refractivity contribution in [3.05, 3.63) is 99.7 Å². The summed E-state index contributed by atoms with van der Waals surface area (Å²) in [5.41, 5.74) is 4.06. The number of carbonyl (C=O) groups excluding carboxylic acids is 3. The zero-order chi connectivity index (χ0) is 30.4. The molecular formula is C32H30Cl2N4O4. The Morgan fingerprint density at radius 1 is 0.952 bits per heavy atom. The highest BCUT2D eigenvalue weighted by Crippen LogP contribution is 2.35. The van der Waals surface area contributed by atoms with Gasteiger partial charge >= 0.3 is 0 Å². The Kier molecular flexibility index (Phi) is 9.83. The summed E-state index contributed by atoms with van der Waals surface area (Å²) in [5.74, 6) is -0.298. The van der Waals surface area contributed by atoms with Gasteiger partial charge in [-0.1, -0.05) is 53.5 Å². The maximum Gasteiger partial charge on any atom is 0.246 e. The third-order valence-electron chi connectivity index (χ3n) is 6.69. The Morgan fingerprint density at radius 2 is 1.69 bits per heavy atom. The fourth-order valence-electron chi connectivity index (χ4n) is 4.10. The highest BCUT2D eigenvalue weighted by atomic mass is 35.5. The van der Waals surface area contributed by atoms with Crippen molar-refractivity contribution in [3.8, 4) is 5.75 Å². The van der Waals surface area contributed by atoms with E-state index in [0.29, 0.717) is 22.0 Å². The van der Waals surface area contributed by atoms with Crippen LogP contribution < -0.4 is 19.9 Å². The van der Waals surface area contributed by atoms with Crippen LogP contribution in [0.4, 0.5) is 11.4 Å². The Bertz CT molecular complexity index is 1670. The first kappa shape index (κ1) is 30.6. The lowest BCUT2D eigenvalue weighted by Gasteiger charge is -2.21. The van der Waals surface area contributed by atoms with Crippen LogP contribution in [0.1, 0.15) is 23.7 Å². The number of anilines is 2. The fraction of sp³-hybridized carbons (Fsp3) is 0.188. The molecule has 4 rings (SSSR count). The molecule has 0 bridgehead atoms. The van der Waals surface area contributed by atoms with Crippen LogP contribution >= 0.6 is 23.2 Å². The molecule has 1 aromatic heterocycles. The minimum Gasteiger partial charge on any atom is -0.487 e. The van der Waals surface area contributed by atoms with Crippen LogP contribution in [0, 0.1) is 6.92 Å². The van der Waals surface area contributed by atoms with E-state index in [0.717, 1.165) is 27.8 Å². The van der Waals surface area contributed by atoms with Crippen molar-refractivity contribution in [1.82, 2.24) is 10.3 Å². The molecule has 1 N–H and O–H groups in total. The molecule has 216 valence electrons. The van der Waals surface area contributed by atoms with Gasteiger partial charge in [0.15, 0.2) is 0 Å². The van der Waals surface area contributed by atoms with E-state index in [9.17, 15) is 14.4 Å². The van der Waals surface area contributed by atoms with Gasteiger partial charge in [-0.15, -0.1) is 0 Å². The van der Waals surface area contributed by atoms with E-state index in [-0.39, 0.29) is 30.0 Å². The number of fused-ring (bicyclic) bond motifs is 1. The Morgan fingerprint density at radius 3 is 2.40 bits per heavy atom. The molecule has 42 heavy (non-hydrogen) atoms.